The third-order valence-electron chi connectivity index (χ3n) is 4.22. The Hall–Kier alpha value is -1.30. The summed E-state index contributed by atoms with van der Waals surface area (Å²) in [4.78, 5) is 27.2. The Balaban J connectivity index is 2.54. The maximum atomic E-state index is 12.2. The lowest BCUT2D eigenvalue weighted by molar-refractivity contribution is -0.150. The minimum Gasteiger partial charge on any atom is -0.480 e. The van der Waals surface area contributed by atoms with E-state index in [9.17, 15) is 14.7 Å². The van der Waals surface area contributed by atoms with Crippen LogP contribution >= 0.6 is 0 Å². The van der Waals surface area contributed by atoms with E-state index in [4.69, 9.17) is 0 Å². The zero-order valence-corrected chi connectivity index (χ0v) is 13.0. The number of carboxylic acid groups (broad SMARTS) is 1. The molecule has 0 spiro atoms. The van der Waals surface area contributed by atoms with E-state index in [0.29, 0.717) is 25.6 Å². The second-order valence-electron chi connectivity index (χ2n) is 5.99. The number of amides is 2. The van der Waals surface area contributed by atoms with Gasteiger partial charge in [-0.05, 0) is 47.1 Å². The van der Waals surface area contributed by atoms with Gasteiger partial charge in [0.25, 0.3) is 0 Å². The molecule has 0 aromatic heterocycles. The molecule has 2 amide bonds. The molecule has 1 saturated heterocycles. The number of likely N-dealkylation sites (N-methyl/N-ethyl adjacent to an activating group) is 1. The van der Waals surface area contributed by atoms with E-state index in [-0.39, 0.29) is 6.03 Å². The number of carbonyl (C=O) groups excluding carboxylic acids is 1. The van der Waals surface area contributed by atoms with Crippen LogP contribution in [0.2, 0.25) is 0 Å². The first-order valence-corrected chi connectivity index (χ1v) is 7.28. The van der Waals surface area contributed by atoms with Crippen LogP contribution in [0.4, 0.5) is 4.79 Å². The fraction of sp³-hybridized carbons (Fsp3) is 0.857. The molecule has 0 aromatic rings. The Labute approximate surface area is 121 Å². The smallest absolute Gasteiger partial charge is 0.329 e. The van der Waals surface area contributed by atoms with Gasteiger partial charge in [-0.2, -0.15) is 0 Å². The molecule has 1 aliphatic heterocycles. The van der Waals surface area contributed by atoms with Crippen LogP contribution in [0.25, 0.3) is 0 Å². The summed E-state index contributed by atoms with van der Waals surface area (Å²) >= 11 is 0. The molecular weight excluding hydrogens is 258 g/mol. The van der Waals surface area contributed by atoms with Gasteiger partial charge in [0.2, 0.25) is 0 Å². The van der Waals surface area contributed by atoms with Crippen LogP contribution in [-0.4, -0.2) is 65.2 Å². The molecule has 1 aliphatic rings. The summed E-state index contributed by atoms with van der Waals surface area (Å²) in [6.07, 6.45) is 2.23. The Morgan fingerprint density at radius 1 is 1.40 bits per heavy atom. The van der Waals surface area contributed by atoms with E-state index in [0.717, 1.165) is 19.4 Å². The molecule has 0 bridgehead atoms. The molecular formula is C14H27N3O3. The van der Waals surface area contributed by atoms with Crippen LogP contribution in [0.15, 0.2) is 0 Å². The second-order valence-corrected chi connectivity index (χ2v) is 5.99. The molecule has 2 N–H and O–H groups in total. The van der Waals surface area contributed by atoms with Crippen LogP contribution in [0.5, 0.6) is 0 Å². The highest BCUT2D eigenvalue weighted by Gasteiger charge is 2.43. The zero-order chi connectivity index (χ0) is 15.3. The highest BCUT2D eigenvalue weighted by atomic mass is 16.4. The summed E-state index contributed by atoms with van der Waals surface area (Å²) in [7, 11) is 2.00. The van der Waals surface area contributed by atoms with Crippen molar-refractivity contribution in [3.05, 3.63) is 0 Å². The SMILES string of the molecule is CC(C)N(C)CCNC(=O)N1CCCCC1(C)C(=O)O. The van der Waals surface area contributed by atoms with E-state index in [1.165, 1.54) is 4.90 Å². The van der Waals surface area contributed by atoms with Gasteiger partial charge in [-0.1, -0.05) is 0 Å². The second kappa shape index (κ2) is 6.92. The fourth-order valence-electron chi connectivity index (χ4n) is 2.36. The van der Waals surface area contributed by atoms with Crippen molar-refractivity contribution < 1.29 is 14.7 Å². The number of hydrogen-bond donors (Lipinski definition) is 2. The number of hydrogen-bond acceptors (Lipinski definition) is 3. The van der Waals surface area contributed by atoms with Crippen molar-refractivity contribution in [3.8, 4) is 0 Å². The summed E-state index contributed by atoms with van der Waals surface area (Å²) in [5.74, 6) is -0.924. The topological polar surface area (TPSA) is 72.9 Å². The van der Waals surface area contributed by atoms with E-state index < -0.39 is 11.5 Å². The number of nitrogens with one attached hydrogen (secondary N) is 1. The molecule has 0 radical (unpaired) electrons. The quantitative estimate of drug-likeness (QED) is 0.800. The summed E-state index contributed by atoms with van der Waals surface area (Å²) in [5.41, 5.74) is -1.08. The predicted octanol–water partition coefficient (Wildman–Crippen LogP) is 1.37. The molecule has 1 unspecified atom stereocenters. The van der Waals surface area contributed by atoms with Gasteiger partial charge in [0.15, 0.2) is 0 Å². The Bertz CT molecular complexity index is 360. The molecule has 20 heavy (non-hydrogen) atoms. The first-order valence-electron chi connectivity index (χ1n) is 7.28. The monoisotopic (exact) mass is 285 g/mol. The standard InChI is InChI=1S/C14H27N3O3/c1-11(2)16(4)10-8-15-13(20)17-9-6-5-7-14(17,3)12(18)19/h11H,5-10H2,1-4H3,(H,15,20)(H,18,19). The lowest BCUT2D eigenvalue weighted by Crippen LogP contribution is -2.60. The lowest BCUT2D eigenvalue weighted by atomic mass is 9.89. The van der Waals surface area contributed by atoms with Gasteiger partial charge < -0.3 is 20.2 Å². The summed E-state index contributed by atoms with van der Waals surface area (Å²) in [6.45, 7) is 7.60. The minimum atomic E-state index is -1.08. The molecule has 6 heteroatoms. The highest BCUT2D eigenvalue weighted by molar-refractivity contribution is 5.86. The largest absolute Gasteiger partial charge is 0.480 e. The van der Waals surface area contributed by atoms with Gasteiger partial charge in [-0.3, -0.25) is 0 Å². The molecule has 0 saturated carbocycles. The maximum absolute atomic E-state index is 12.2. The number of piperidine rings is 1. The van der Waals surface area contributed by atoms with Gasteiger partial charge in [-0.15, -0.1) is 0 Å². The van der Waals surface area contributed by atoms with Crippen LogP contribution in [0.1, 0.15) is 40.0 Å². The van der Waals surface area contributed by atoms with Gasteiger partial charge in [-0.25, -0.2) is 9.59 Å². The number of aliphatic carboxylic acids is 1. The molecule has 6 nitrogen and oxygen atoms in total. The average molecular weight is 285 g/mol. The predicted molar refractivity (Wildman–Crippen MR) is 77.8 cm³/mol. The first kappa shape index (κ1) is 16.8. The number of carboxylic acids is 1. The van der Waals surface area contributed by atoms with Crippen molar-refractivity contribution in [2.75, 3.05) is 26.7 Å². The van der Waals surface area contributed by atoms with Crippen LogP contribution < -0.4 is 5.32 Å². The summed E-state index contributed by atoms with van der Waals surface area (Å²) in [6, 6.07) is 0.151. The first-order chi connectivity index (χ1) is 9.29. The zero-order valence-electron chi connectivity index (χ0n) is 13.0. The molecule has 1 fully saturated rings. The Kier molecular flexibility index (Phi) is 5.80. The fourth-order valence-corrected chi connectivity index (χ4v) is 2.36. The summed E-state index contributed by atoms with van der Waals surface area (Å²) in [5, 5.41) is 12.2. The van der Waals surface area contributed by atoms with Crippen molar-refractivity contribution in [2.45, 2.75) is 51.6 Å². The molecule has 116 valence electrons. The Morgan fingerprint density at radius 2 is 2.05 bits per heavy atom. The average Bonchev–Trinajstić information content (AvgIpc) is 2.38. The normalized spacial score (nSPS) is 23.2. The molecule has 1 heterocycles. The number of carbonyl (C=O) groups is 2. The van der Waals surface area contributed by atoms with E-state index >= 15 is 0 Å². The minimum absolute atomic E-state index is 0.272. The number of rotatable bonds is 5. The van der Waals surface area contributed by atoms with E-state index in [2.05, 4.69) is 24.1 Å². The third kappa shape index (κ3) is 3.85. The molecule has 1 rings (SSSR count). The third-order valence-corrected chi connectivity index (χ3v) is 4.22. The summed E-state index contributed by atoms with van der Waals surface area (Å²) < 4.78 is 0. The highest BCUT2D eigenvalue weighted by Crippen LogP contribution is 2.28. The number of nitrogens with zero attached hydrogens (tertiary/aromatic N) is 2. The van der Waals surface area contributed by atoms with Gasteiger partial charge in [0.05, 0.1) is 0 Å². The molecule has 1 atom stereocenters. The van der Waals surface area contributed by atoms with Crippen LogP contribution in [-0.2, 0) is 4.79 Å². The van der Waals surface area contributed by atoms with Crippen molar-refractivity contribution in [1.29, 1.82) is 0 Å². The van der Waals surface area contributed by atoms with Gasteiger partial charge in [0, 0.05) is 25.7 Å². The van der Waals surface area contributed by atoms with Crippen LogP contribution in [0, 0.1) is 0 Å². The van der Waals surface area contributed by atoms with E-state index in [1.54, 1.807) is 6.92 Å². The molecule has 0 aliphatic carbocycles. The maximum Gasteiger partial charge on any atom is 0.329 e. The van der Waals surface area contributed by atoms with E-state index in [1.807, 2.05) is 7.05 Å². The van der Waals surface area contributed by atoms with Crippen molar-refractivity contribution in [1.82, 2.24) is 15.1 Å². The van der Waals surface area contributed by atoms with Gasteiger partial charge >= 0.3 is 12.0 Å². The van der Waals surface area contributed by atoms with Gasteiger partial charge in [0.1, 0.15) is 5.54 Å². The van der Waals surface area contributed by atoms with Crippen LogP contribution in [0.3, 0.4) is 0 Å². The number of likely N-dealkylation sites (tertiary alicyclic amines) is 1. The van der Waals surface area contributed by atoms with Crippen molar-refractivity contribution in [3.63, 3.8) is 0 Å². The Morgan fingerprint density at radius 3 is 2.60 bits per heavy atom. The number of urea groups is 1. The van der Waals surface area contributed by atoms with Crippen molar-refractivity contribution in [2.24, 2.45) is 0 Å². The van der Waals surface area contributed by atoms with Crippen molar-refractivity contribution >= 4 is 12.0 Å². The molecule has 0 aromatic carbocycles. The lowest BCUT2D eigenvalue weighted by Gasteiger charge is -2.41.